The topological polar surface area (TPSA) is 93.6 Å². The first-order valence-corrected chi connectivity index (χ1v) is 5.16. The third-order valence-electron chi connectivity index (χ3n) is 2.64. The molecule has 17 heavy (non-hydrogen) atoms. The molecule has 0 atom stereocenters. The van der Waals surface area contributed by atoms with Crippen molar-refractivity contribution in [2.24, 2.45) is 0 Å². The molecule has 1 heterocycles. The molecular formula is C12H13N5. The third-order valence-corrected chi connectivity index (χ3v) is 2.64. The van der Waals surface area contributed by atoms with E-state index < -0.39 is 0 Å². The molecule has 1 aromatic heterocycles. The zero-order valence-corrected chi connectivity index (χ0v) is 9.73. The Kier molecular flexibility index (Phi) is 2.48. The summed E-state index contributed by atoms with van der Waals surface area (Å²) >= 11 is 0. The molecule has 4 N–H and O–H groups in total. The molecule has 0 amide bonds. The van der Waals surface area contributed by atoms with Crippen molar-refractivity contribution in [2.75, 3.05) is 11.5 Å². The minimum Gasteiger partial charge on any atom is -0.382 e. The van der Waals surface area contributed by atoms with Gasteiger partial charge in [-0.15, -0.1) is 5.10 Å². The molecule has 0 fully saturated rings. The van der Waals surface area contributed by atoms with E-state index in [0.717, 1.165) is 16.8 Å². The predicted molar refractivity (Wildman–Crippen MR) is 66.6 cm³/mol. The van der Waals surface area contributed by atoms with Crippen LogP contribution in [0.25, 0.3) is 5.69 Å². The second-order valence-corrected chi connectivity index (χ2v) is 3.96. The largest absolute Gasteiger partial charge is 0.382 e. The molecule has 0 unspecified atom stereocenters. The molecule has 1 aromatic carbocycles. The highest BCUT2D eigenvalue weighted by atomic mass is 15.3. The molecule has 0 aliphatic rings. The molecule has 2 aromatic rings. The molecule has 0 spiro atoms. The summed E-state index contributed by atoms with van der Waals surface area (Å²) in [6.07, 6.45) is 0. The van der Waals surface area contributed by atoms with Crippen molar-refractivity contribution in [3.8, 4) is 11.8 Å². The van der Waals surface area contributed by atoms with Gasteiger partial charge < -0.3 is 11.5 Å². The van der Waals surface area contributed by atoms with Crippen molar-refractivity contribution in [1.82, 2.24) is 9.78 Å². The quantitative estimate of drug-likeness (QED) is 0.772. The second kappa shape index (κ2) is 3.83. The van der Waals surface area contributed by atoms with E-state index in [-0.39, 0.29) is 17.2 Å². The Labute approximate surface area is 99.3 Å². The van der Waals surface area contributed by atoms with E-state index in [2.05, 4.69) is 5.10 Å². The number of aromatic nitrogens is 2. The molecule has 0 saturated carbocycles. The fourth-order valence-electron chi connectivity index (χ4n) is 1.79. The molecule has 0 saturated heterocycles. The van der Waals surface area contributed by atoms with Crippen molar-refractivity contribution in [3.05, 3.63) is 34.9 Å². The lowest BCUT2D eigenvalue weighted by Crippen LogP contribution is -2.04. The fraction of sp³-hybridized carbons (Fsp3) is 0.167. The van der Waals surface area contributed by atoms with E-state index in [1.807, 2.05) is 38.1 Å². The molecule has 0 radical (unpaired) electrons. The summed E-state index contributed by atoms with van der Waals surface area (Å²) in [5, 5.41) is 13.0. The van der Waals surface area contributed by atoms with E-state index in [4.69, 9.17) is 16.7 Å². The van der Waals surface area contributed by atoms with Gasteiger partial charge in [0.1, 0.15) is 17.5 Å². The maximum Gasteiger partial charge on any atom is 0.166 e. The highest BCUT2D eigenvalue weighted by Crippen LogP contribution is 2.24. The average Bonchev–Trinajstić information content (AvgIpc) is 2.54. The van der Waals surface area contributed by atoms with E-state index in [0.29, 0.717) is 0 Å². The van der Waals surface area contributed by atoms with Crippen molar-refractivity contribution in [3.63, 3.8) is 0 Å². The SMILES string of the molecule is Cc1ccc(-n2nc(N)c(C#N)c2N)c(C)c1. The lowest BCUT2D eigenvalue weighted by atomic mass is 10.1. The van der Waals surface area contributed by atoms with Gasteiger partial charge in [0, 0.05) is 0 Å². The molecule has 0 aliphatic heterocycles. The number of anilines is 2. The highest BCUT2D eigenvalue weighted by Gasteiger charge is 2.15. The summed E-state index contributed by atoms with van der Waals surface area (Å²) in [4.78, 5) is 0. The minimum absolute atomic E-state index is 0.157. The van der Waals surface area contributed by atoms with Gasteiger partial charge in [0.25, 0.3) is 0 Å². The minimum atomic E-state index is 0.157. The van der Waals surface area contributed by atoms with Crippen LogP contribution in [-0.4, -0.2) is 9.78 Å². The zero-order chi connectivity index (χ0) is 12.6. The fourth-order valence-corrected chi connectivity index (χ4v) is 1.79. The lowest BCUT2D eigenvalue weighted by Gasteiger charge is -2.08. The van der Waals surface area contributed by atoms with Crippen molar-refractivity contribution in [1.29, 1.82) is 5.26 Å². The maximum absolute atomic E-state index is 8.91. The van der Waals surface area contributed by atoms with Gasteiger partial charge in [-0.25, -0.2) is 4.68 Å². The van der Waals surface area contributed by atoms with Crippen molar-refractivity contribution < 1.29 is 0 Å². The Morgan fingerprint density at radius 1 is 1.29 bits per heavy atom. The number of benzene rings is 1. The Morgan fingerprint density at radius 3 is 2.53 bits per heavy atom. The monoisotopic (exact) mass is 227 g/mol. The number of nitrogen functional groups attached to an aromatic ring is 2. The summed E-state index contributed by atoms with van der Waals surface area (Å²) in [6, 6.07) is 7.85. The summed E-state index contributed by atoms with van der Waals surface area (Å²) < 4.78 is 1.50. The van der Waals surface area contributed by atoms with E-state index in [1.54, 1.807) is 0 Å². The Morgan fingerprint density at radius 2 is 2.00 bits per heavy atom. The Balaban J connectivity index is 2.66. The van der Waals surface area contributed by atoms with Crippen molar-refractivity contribution >= 4 is 11.6 Å². The second-order valence-electron chi connectivity index (χ2n) is 3.96. The highest BCUT2D eigenvalue weighted by molar-refractivity contribution is 5.64. The summed E-state index contributed by atoms with van der Waals surface area (Å²) in [5.41, 5.74) is 14.7. The first-order valence-electron chi connectivity index (χ1n) is 5.16. The predicted octanol–water partition coefficient (Wildman–Crippen LogP) is 1.53. The van der Waals surface area contributed by atoms with Gasteiger partial charge in [-0.3, -0.25) is 0 Å². The molecule has 0 bridgehead atoms. The number of nitrogens with two attached hydrogens (primary N) is 2. The van der Waals surface area contributed by atoms with E-state index in [1.165, 1.54) is 4.68 Å². The van der Waals surface area contributed by atoms with Crippen LogP contribution in [0.2, 0.25) is 0 Å². The molecule has 86 valence electrons. The van der Waals surface area contributed by atoms with E-state index >= 15 is 0 Å². The van der Waals surface area contributed by atoms with Crippen LogP contribution in [0.1, 0.15) is 16.7 Å². The van der Waals surface area contributed by atoms with Crippen LogP contribution in [0.3, 0.4) is 0 Å². The normalized spacial score (nSPS) is 10.2. The molecule has 2 rings (SSSR count). The van der Waals surface area contributed by atoms with Crippen LogP contribution in [0.5, 0.6) is 0 Å². The number of nitriles is 1. The third kappa shape index (κ3) is 1.70. The van der Waals surface area contributed by atoms with Crippen LogP contribution in [0.15, 0.2) is 18.2 Å². The molecule has 5 heteroatoms. The molecule has 5 nitrogen and oxygen atoms in total. The number of hydrogen-bond donors (Lipinski definition) is 2. The zero-order valence-electron chi connectivity index (χ0n) is 9.73. The standard InChI is InChI=1S/C12H13N5/c1-7-3-4-10(8(2)5-7)17-12(15)9(6-13)11(14)16-17/h3-5H,15H2,1-2H3,(H2,14,16). The maximum atomic E-state index is 8.91. The number of rotatable bonds is 1. The van der Waals surface area contributed by atoms with Crippen molar-refractivity contribution in [2.45, 2.75) is 13.8 Å². The van der Waals surface area contributed by atoms with Crippen LogP contribution < -0.4 is 11.5 Å². The average molecular weight is 227 g/mol. The van der Waals surface area contributed by atoms with Gasteiger partial charge >= 0.3 is 0 Å². The van der Waals surface area contributed by atoms with Crippen LogP contribution in [0.4, 0.5) is 11.6 Å². The van der Waals surface area contributed by atoms with E-state index in [9.17, 15) is 0 Å². The lowest BCUT2D eigenvalue weighted by molar-refractivity contribution is 0.888. The first kappa shape index (κ1) is 11.0. The van der Waals surface area contributed by atoms with Crippen LogP contribution in [0, 0.1) is 25.2 Å². The summed E-state index contributed by atoms with van der Waals surface area (Å²) in [6.45, 7) is 3.98. The summed E-state index contributed by atoms with van der Waals surface area (Å²) in [7, 11) is 0. The number of nitrogens with zero attached hydrogens (tertiary/aromatic N) is 3. The Bertz CT molecular complexity index is 619. The smallest absolute Gasteiger partial charge is 0.166 e. The molecular weight excluding hydrogens is 214 g/mol. The van der Waals surface area contributed by atoms with Gasteiger partial charge in [0.2, 0.25) is 0 Å². The van der Waals surface area contributed by atoms with Gasteiger partial charge in [0.15, 0.2) is 5.82 Å². The van der Waals surface area contributed by atoms with Gasteiger partial charge in [-0.2, -0.15) is 5.26 Å². The number of aryl methyl sites for hydroxylation is 2. The van der Waals surface area contributed by atoms with Crippen LogP contribution in [-0.2, 0) is 0 Å². The Hall–Kier alpha value is -2.48. The van der Waals surface area contributed by atoms with Gasteiger partial charge in [0.05, 0.1) is 5.69 Å². The van der Waals surface area contributed by atoms with Gasteiger partial charge in [-0.1, -0.05) is 17.7 Å². The molecule has 0 aliphatic carbocycles. The summed E-state index contributed by atoms with van der Waals surface area (Å²) in [5.74, 6) is 0.432. The van der Waals surface area contributed by atoms with Gasteiger partial charge in [-0.05, 0) is 25.5 Å². The van der Waals surface area contributed by atoms with Crippen LogP contribution >= 0.6 is 0 Å². The first-order chi connectivity index (χ1) is 8.04. The number of hydrogen-bond acceptors (Lipinski definition) is 4.